The maximum absolute atomic E-state index is 10.1. The van der Waals surface area contributed by atoms with E-state index in [4.69, 9.17) is 0 Å². The summed E-state index contributed by atoms with van der Waals surface area (Å²) in [5.41, 5.74) is 3.09. The van der Waals surface area contributed by atoms with Crippen LogP contribution in [0.3, 0.4) is 0 Å². The summed E-state index contributed by atoms with van der Waals surface area (Å²) in [5, 5.41) is 13.4. The van der Waals surface area contributed by atoms with Crippen molar-refractivity contribution in [2.75, 3.05) is 11.9 Å². The van der Waals surface area contributed by atoms with E-state index >= 15 is 0 Å². The Morgan fingerprint density at radius 3 is 2.67 bits per heavy atom. The molecule has 0 bridgehead atoms. The van der Waals surface area contributed by atoms with Crippen molar-refractivity contribution in [1.82, 2.24) is 0 Å². The number of hydrogen-bond donors (Lipinski definition) is 2. The van der Waals surface area contributed by atoms with E-state index in [1.165, 1.54) is 0 Å². The van der Waals surface area contributed by atoms with Crippen molar-refractivity contribution in [3.05, 3.63) is 64.1 Å². The lowest BCUT2D eigenvalue weighted by atomic mass is 10.1. The number of rotatable bonds is 4. The lowest BCUT2D eigenvalue weighted by Gasteiger charge is -2.14. The highest BCUT2D eigenvalue weighted by atomic mass is 79.9. The van der Waals surface area contributed by atoms with Crippen LogP contribution in [0.25, 0.3) is 0 Å². The van der Waals surface area contributed by atoms with Crippen LogP contribution in [0.5, 0.6) is 0 Å². The highest BCUT2D eigenvalue weighted by Gasteiger charge is 2.07. The Labute approximate surface area is 116 Å². The Balaban J connectivity index is 2.00. The maximum atomic E-state index is 10.1. The van der Waals surface area contributed by atoms with Gasteiger partial charge in [-0.3, -0.25) is 0 Å². The first kappa shape index (κ1) is 13.1. The number of aryl methyl sites for hydroxylation is 1. The molecule has 2 aromatic carbocycles. The molecule has 0 saturated carbocycles. The van der Waals surface area contributed by atoms with E-state index in [-0.39, 0.29) is 0 Å². The van der Waals surface area contributed by atoms with E-state index in [2.05, 4.69) is 21.2 Å². The van der Waals surface area contributed by atoms with Gasteiger partial charge in [-0.15, -0.1) is 0 Å². The Kier molecular flexibility index (Phi) is 4.39. The van der Waals surface area contributed by atoms with Crippen molar-refractivity contribution in [2.24, 2.45) is 0 Å². The first-order chi connectivity index (χ1) is 8.66. The van der Waals surface area contributed by atoms with E-state index in [1.54, 1.807) is 0 Å². The molecule has 0 heterocycles. The second-order valence-electron chi connectivity index (χ2n) is 4.29. The standard InChI is InChI=1S/C15H16BrNO/c1-11-5-4-6-12(9-11)15(18)10-17-14-8-3-2-7-13(14)16/h2-9,15,17-18H,10H2,1H3. The van der Waals surface area contributed by atoms with Crippen LogP contribution in [0, 0.1) is 6.92 Å². The van der Waals surface area contributed by atoms with E-state index in [9.17, 15) is 5.11 Å². The van der Waals surface area contributed by atoms with Crippen molar-refractivity contribution in [1.29, 1.82) is 0 Å². The summed E-state index contributed by atoms with van der Waals surface area (Å²) in [6.07, 6.45) is -0.503. The highest BCUT2D eigenvalue weighted by molar-refractivity contribution is 9.10. The number of aliphatic hydroxyl groups is 1. The van der Waals surface area contributed by atoms with Crippen molar-refractivity contribution >= 4 is 21.6 Å². The minimum atomic E-state index is -0.503. The van der Waals surface area contributed by atoms with Crippen molar-refractivity contribution < 1.29 is 5.11 Å². The van der Waals surface area contributed by atoms with Gasteiger partial charge in [0.05, 0.1) is 6.10 Å². The van der Waals surface area contributed by atoms with Crippen LogP contribution in [0.1, 0.15) is 17.2 Å². The molecule has 0 amide bonds. The molecule has 0 aromatic heterocycles. The number of benzene rings is 2. The van der Waals surface area contributed by atoms with Gasteiger partial charge in [-0.25, -0.2) is 0 Å². The third-order valence-electron chi connectivity index (χ3n) is 2.79. The summed E-state index contributed by atoms with van der Waals surface area (Å²) in [6, 6.07) is 15.8. The number of hydrogen-bond acceptors (Lipinski definition) is 2. The van der Waals surface area contributed by atoms with Crippen LogP contribution >= 0.6 is 15.9 Å². The van der Waals surface area contributed by atoms with Crippen molar-refractivity contribution in [3.8, 4) is 0 Å². The number of nitrogens with one attached hydrogen (secondary N) is 1. The molecule has 2 N–H and O–H groups in total. The Morgan fingerprint density at radius 2 is 1.94 bits per heavy atom. The monoisotopic (exact) mass is 305 g/mol. The summed E-state index contributed by atoms with van der Waals surface area (Å²) < 4.78 is 1.00. The molecule has 94 valence electrons. The van der Waals surface area contributed by atoms with Crippen LogP contribution < -0.4 is 5.32 Å². The van der Waals surface area contributed by atoms with E-state index < -0.39 is 6.10 Å². The van der Waals surface area contributed by atoms with Crippen LogP contribution in [-0.4, -0.2) is 11.7 Å². The van der Waals surface area contributed by atoms with Gasteiger partial charge in [0, 0.05) is 16.7 Å². The zero-order valence-corrected chi connectivity index (χ0v) is 11.8. The van der Waals surface area contributed by atoms with Gasteiger partial charge in [0.25, 0.3) is 0 Å². The van der Waals surface area contributed by atoms with Gasteiger partial charge in [0.1, 0.15) is 0 Å². The van der Waals surface area contributed by atoms with E-state index in [0.717, 1.165) is 21.3 Å². The predicted molar refractivity (Wildman–Crippen MR) is 78.8 cm³/mol. The molecule has 0 aliphatic heterocycles. The number of para-hydroxylation sites is 1. The summed E-state index contributed by atoms with van der Waals surface area (Å²) in [7, 11) is 0. The highest BCUT2D eigenvalue weighted by Crippen LogP contribution is 2.22. The molecule has 2 aromatic rings. The SMILES string of the molecule is Cc1cccc(C(O)CNc2ccccc2Br)c1. The van der Waals surface area contributed by atoms with Gasteiger partial charge in [-0.1, -0.05) is 42.0 Å². The Morgan fingerprint density at radius 1 is 1.17 bits per heavy atom. The average molecular weight is 306 g/mol. The molecule has 0 aliphatic rings. The molecule has 18 heavy (non-hydrogen) atoms. The number of halogens is 1. The zero-order chi connectivity index (χ0) is 13.0. The number of aliphatic hydroxyl groups excluding tert-OH is 1. The van der Waals surface area contributed by atoms with Crippen LogP contribution in [0.4, 0.5) is 5.69 Å². The molecule has 3 heteroatoms. The van der Waals surface area contributed by atoms with Crippen molar-refractivity contribution in [3.63, 3.8) is 0 Å². The van der Waals surface area contributed by atoms with Crippen LogP contribution in [-0.2, 0) is 0 Å². The molecule has 0 aliphatic carbocycles. The fourth-order valence-corrected chi connectivity index (χ4v) is 2.23. The zero-order valence-electron chi connectivity index (χ0n) is 10.2. The largest absolute Gasteiger partial charge is 0.387 e. The molecule has 0 spiro atoms. The Bertz CT molecular complexity index is 527. The smallest absolute Gasteiger partial charge is 0.0962 e. The molecule has 2 nitrogen and oxygen atoms in total. The molecular weight excluding hydrogens is 290 g/mol. The minimum absolute atomic E-state index is 0.492. The summed E-state index contributed by atoms with van der Waals surface area (Å²) in [5.74, 6) is 0. The molecule has 0 radical (unpaired) electrons. The van der Waals surface area contributed by atoms with Gasteiger partial charge in [-0.2, -0.15) is 0 Å². The quantitative estimate of drug-likeness (QED) is 0.898. The minimum Gasteiger partial charge on any atom is -0.387 e. The van der Waals surface area contributed by atoms with Gasteiger partial charge in [0.15, 0.2) is 0 Å². The molecule has 1 atom stereocenters. The first-order valence-electron chi connectivity index (χ1n) is 5.90. The topological polar surface area (TPSA) is 32.3 Å². The van der Waals surface area contributed by atoms with Gasteiger partial charge >= 0.3 is 0 Å². The fourth-order valence-electron chi connectivity index (χ4n) is 1.81. The van der Waals surface area contributed by atoms with Gasteiger partial charge in [-0.05, 0) is 40.5 Å². The first-order valence-corrected chi connectivity index (χ1v) is 6.69. The van der Waals surface area contributed by atoms with Crippen LogP contribution in [0.2, 0.25) is 0 Å². The molecule has 2 rings (SSSR count). The second-order valence-corrected chi connectivity index (χ2v) is 5.15. The summed E-state index contributed by atoms with van der Waals surface area (Å²) in [6.45, 7) is 2.52. The maximum Gasteiger partial charge on any atom is 0.0962 e. The molecule has 1 unspecified atom stereocenters. The van der Waals surface area contributed by atoms with E-state index in [1.807, 2.05) is 55.5 Å². The predicted octanol–water partition coefficient (Wildman–Crippen LogP) is 3.90. The normalized spacial score (nSPS) is 12.2. The summed E-state index contributed by atoms with van der Waals surface area (Å²) >= 11 is 3.47. The van der Waals surface area contributed by atoms with E-state index in [0.29, 0.717) is 6.54 Å². The van der Waals surface area contributed by atoms with Crippen LogP contribution in [0.15, 0.2) is 53.0 Å². The fraction of sp³-hybridized carbons (Fsp3) is 0.200. The average Bonchev–Trinajstić information content (AvgIpc) is 2.37. The van der Waals surface area contributed by atoms with Gasteiger partial charge < -0.3 is 10.4 Å². The third kappa shape index (κ3) is 3.34. The lowest BCUT2D eigenvalue weighted by Crippen LogP contribution is -2.12. The lowest BCUT2D eigenvalue weighted by molar-refractivity contribution is 0.191. The third-order valence-corrected chi connectivity index (χ3v) is 3.48. The van der Waals surface area contributed by atoms with Gasteiger partial charge in [0.2, 0.25) is 0 Å². The van der Waals surface area contributed by atoms with Crippen molar-refractivity contribution in [2.45, 2.75) is 13.0 Å². The number of anilines is 1. The summed E-state index contributed by atoms with van der Waals surface area (Å²) in [4.78, 5) is 0. The second kappa shape index (κ2) is 6.03. The molecule has 0 fully saturated rings. The molecule has 0 saturated heterocycles. The Hall–Kier alpha value is -1.32. The molecular formula is C15H16BrNO.